The Morgan fingerprint density at radius 2 is 1.76 bits per heavy atom. The van der Waals surface area contributed by atoms with E-state index in [0.29, 0.717) is 12.8 Å². The Morgan fingerprint density at radius 3 is 2.16 bits per heavy atom. The van der Waals surface area contributed by atoms with Gasteiger partial charge in [0.1, 0.15) is 5.54 Å². The van der Waals surface area contributed by atoms with Crippen LogP contribution in [0.15, 0.2) is 29.2 Å². The number of nitrogens with one attached hydrogen (secondary N) is 1. The number of aliphatic carboxylic acids is 1. The summed E-state index contributed by atoms with van der Waals surface area (Å²) in [6.07, 6.45) is 0.890. The summed E-state index contributed by atoms with van der Waals surface area (Å²) in [6, 6.07) is 5.26. The van der Waals surface area contributed by atoms with Gasteiger partial charge in [-0.05, 0) is 51.5 Å². The van der Waals surface area contributed by atoms with Gasteiger partial charge in [0.15, 0.2) is 0 Å². The van der Waals surface area contributed by atoms with Gasteiger partial charge in [-0.3, -0.25) is 4.79 Å². The van der Waals surface area contributed by atoms with Crippen LogP contribution in [0.5, 0.6) is 0 Å². The van der Waals surface area contributed by atoms with Crippen LogP contribution in [0.25, 0.3) is 0 Å². The Balaban J connectivity index is 3.03. The molecule has 1 unspecified atom stereocenters. The summed E-state index contributed by atoms with van der Waals surface area (Å²) in [4.78, 5) is 23.8. The van der Waals surface area contributed by atoms with Crippen LogP contribution in [0, 0.1) is 0 Å². The van der Waals surface area contributed by atoms with Crippen molar-refractivity contribution in [3.8, 4) is 0 Å². The lowest BCUT2D eigenvalue weighted by Crippen LogP contribution is -2.52. The maximum Gasteiger partial charge on any atom is 0.329 e. The average Bonchev–Trinajstić information content (AvgIpc) is 2.54. The van der Waals surface area contributed by atoms with Crippen molar-refractivity contribution in [1.29, 1.82) is 0 Å². The zero-order valence-electron chi connectivity index (χ0n) is 15.2. The van der Waals surface area contributed by atoms with Gasteiger partial charge in [-0.25, -0.2) is 13.2 Å². The third kappa shape index (κ3) is 4.79. The minimum absolute atomic E-state index is 0.0785. The van der Waals surface area contributed by atoms with Crippen molar-refractivity contribution >= 4 is 21.9 Å². The lowest BCUT2D eigenvalue weighted by atomic mass is 9.96. The van der Waals surface area contributed by atoms with Gasteiger partial charge in [0, 0.05) is 18.7 Å². The Kier molecular flexibility index (Phi) is 6.73. The smallest absolute Gasteiger partial charge is 0.329 e. The fraction of sp³-hybridized carbons (Fsp3) is 0.529. The molecule has 0 aliphatic heterocycles. The molecule has 0 saturated heterocycles. The van der Waals surface area contributed by atoms with Crippen LogP contribution in [-0.2, 0) is 14.8 Å². The summed E-state index contributed by atoms with van der Waals surface area (Å²) in [5, 5.41) is 11.8. The molecule has 25 heavy (non-hydrogen) atoms. The molecular weight excluding hydrogens is 344 g/mol. The Morgan fingerprint density at radius 1 is 1.24 bits per heavy atom. The molecular formula is C17H26N2O5S. The second-order valence-corrected chi connectivity index (χ2v) is 8.48. The molecule has 140 valence electrons. The van der Waals surface area contributed by atoms with E-state index in [0.717, 1.165) is 0 Å². The van der Waals surface area contributed by atoms with E-state index in [1.807, 2.05) is 6.92 Å². The summed E-state index contributed by atoms with van der Waals surface area (Å²) < 4.78 is 26.1. The Bertz CT molecular complexity index is 728. The molecule has 1 atom stereocenters. The molecule has 0 aliphatic rings. The van der Waals surface area contributed by atoms with Crippen LogP contribution < -0.4 is 5.32 Å². The van der Waals surface area contributed by atoms with Crippen LogP contribution in [0.1, 0.15) is 50.9 Å². The molecule has 2 N–H and O–H groups in total. The van der Waals surface area contributed by atoms with Gasteiger partial charge in [0.25, 0.3) is 5.91 Å². The van der Waals surface area contributed by atoms with E-state index in [1.54, 1.807) is 13.8 Å². The number of carbonyl (C=O) groups is 2. The molecule has 0 radical (unpaired) electrons. The number of rotatable bonds is 8. The van der Waals surface area contributed by atoms with Crippen molar-refractivity contribution < 1.29 is 23.1 Å². The van der Waals surface area contributed by atoms with E-state index >= 15 is 0 Å². The zero-order valence-corrected chi connectivity index (χ0v) is 16.1. The molecule has 0 aromatic heterocycles. The number of nitrogens with zero attached hydrogens (tertiary/aromatic N) is 1. The molecule has 1 aromatic carbocycles. The van der Waals surface area contributed by atoms with E-state index in [2.05, 4.69) is 5.32 Å². The van der Waals surface area contributed by atoms with Crippen molar-refractivity contribution in [1.82, 2.24) is 9.62 Å². The van der Waals surface area contributed by atoms with Gasteiger partial charge in [-0.1, -0.05) is 13.3 Å². The number of carbonyl (C=O) groups excluding carboxylic acids is 1. The molecule has 0 bridgehead atoms. The topological polar surface area (TPSA) is 104 Å². The fourth-order valence-corrected chi connectivity index (χ4v) is 3.64. The minimum Gasteiger partial charge on any atom is -0.480 e. The molecule has 1 aromatic rings. The fourth-order valence-electron chi connectivity index (χ4n) is 2.27. The Hall–Kier alpha value is -1.93. The average molecular weight is 370 g/mol. The number of hydrogen-bond acceptors (Lipinski definition) is 4. The minimum atomic E-state index is -3.63. The van der Waals surface area contributed by atoms with Crippen molar-refractivity contribution in [2.45, 2.75) is 57.0 Å². The molecule has 0 spiro atoms. The predicted octanol–water partition coefficient (Wildman–Crippen LogP) is 2.09. The van der Waals surface area contributed by atoms with E-state index < -0.39 is 27.4 Å². The molecule has 7 nitrogen and oxygen atoms in total. The summed E-state index contributed by atoms with van der Waals surface area (Å²) in [7, 11) is -2.14. The van der Waals surface area contributed by atoms with E-state index in [1.165, 1.54) is 42.5 Å². The molecule has 0 aliphatic carbocycles. The molecule has 1 rings (SSSR count). The van der Waals surface area contributed by atoms with Crippen molar-refractivity contribution in [2.24, 2.45) is 0 Å². The third-order valence-corrected chi connectivity index (χ3v) is 6.18. The summed E-state index contributed by atoms with van der Waals surface area (Å²) in [5.41, 5.74) is -1.16. The number of benzene rings is 1. The standard InChI is InChI=1S/C17H26N2O5S/c1-6-11-17(4,16(21)22)18-15(20)13-7-9-14(10-8-13)25(23,24)19(5)12(2)3/h7-10,12H,6,11H2,1-5H3,(H,18,20)(H,21,22). The van der Waals surface area contributed by atoms with Crippen molar-refractivity contribution in [3.63, 3.8) is 0 Å². The number of sulfonamides is 1. The molecule has 0 heterocycles. The quantitative estimate of drug-likeness (QED) is 0.729. The van der Waals surface area contributed by atoms with Crippen LogP contribution in [0.2, 0.25) is 0 Å². The molecule has 0 saturated carbocycles. The van der Waals surface area contributed by atoms with Gasteiger partial charge >= 0.3 is 5.97 Å². The third-order valence-electron chi connectivity index (χ3n) is 4.13. The zero-order chi connectivity index (χ0) is 19.4. The number of amides is 1. The van der Waals surface area contributed by atoms with Crippen molar-refractivity contribution in [2.75, 3.05) is 7.05 Å². The SMILES string of the molecule is CCCC(C)(NC(=O)c1ccc(S(=O)(=O)N(C)C(C)C)cc1)C(=O)O. The highest BCUT2D eigenvalue weighted by Gasteiger charge is 2.34. The highest BCUT2D eigenvalue weighted by atomic mass is 32.2. The highest BCUT2D eigenvalue weighted by molar-refractivity contribution is 7.89. The van der Waals surface area contributed by atoms with Gasteiger partial charge in [-0.15, -0.1) is 0 Å². The lowest BCUT2D eigenvalue weighted by Gasteiger charge is -2.26. The first kappa shape index (κ1) is 21.1. The summed E-state index contributed by atoms with van der Waals surface area (Å²) in [6.45, 7) is 6.81. The van der Waals surface area contributed by atoms with E-state index in [4.69, 9.17) is 0 Å². The monoisotopic (exact) mass is 370 g/mol. The van der Waals surface area contributed by atoms with Crippen LogP contribution in [-0.4, -0.2) is 48.3 Å². The van der Waals surface area contributed by atoms with E-state index in [9.17, 15) is 23.1 Å². The molecule has 0 fully saturated rings. The van der Waals surface area contributed by atoms with Crippen LogP contribution in [0.3, 0.4) is 0 Å². The maximum atomic E-state index is 12.4. The highest BCUT2D eigenvalue weighted by Crippen LogP contribution is 2.18. The van der Waals surface area contributed by atoms with E-state index in [-0.39, 0.29) is 16.5 Å². The maximum absolute atomic E-state index is 12.4. The van der Waals surface area contributed by atoms with Gasteiger partial charge in [0.05, 0.1) is 4.90 Å². The molecule has 8 heteroatoms. The first-order valence-electron chi connectivity index (χ1n) is 8.09. The normalized spacial score (nSPS) is 14.4. The second-order valence-electron chi connectivity index (χ2n) is 6.48. The van der Waals surface area contributed by atoms with Gasteiger partial charge in [0.2, 0.25) is 10.0 Å². The summed E-state index contributed by atoms with van der Waals surface area (Å²) >= 11 is 0. The lowest BCUT2D eigenvalue weighted by molar-refractivity contribution is -0.144. The second kappa shape index (κ2) is 7.97. The van der Waals surface area contributed by atoms with Crippen LogP contribution >= 0.6 is 0 Å². The summed E-state index contributed by atoms with van der Waals surface area (Å²) in [5.74, 6) is -1.67. The largest absolute Gasteiger partial charge is 0.480 e. The number of carboxylic acids is 1. The predicted molar refractivity (Wildman–Crippen MR) is 94.9 cm³/mol. The first-order valence-corrected chi connectivity index (χ1v) is 9.53. The number of hydrogen-bond donors (Lipinski definition) is 2. The molecule has 1 amide bonds. The number of carboxylic acid groups (broad SMARTS) is 1. The van der Waals surface area contributed by atoms with Gasteiger partial charge < -0.3 is 10.4 Å². The van der Waals surface area contributed by atoms with Crippen molar-refractivity contribution in [3.05, 3.63) is 29.8 Å². The first-order chi connectivity index (χ1) is 11.5. The van der Waals surface area contributed by atoms with Crippen LogP contribution in [0.4, 0.5) is 0 Å². The van der Waals surface area contributed by atoms with Gasteiger partial charge in [-0.2, -0.15) is 4.31 Å². The Labute approximate surface area is 149 Å².